The summed E-state index contributed by atoms with van der Waals surface area (Å²) in [4.78, 5) is 4.32. The third-order valence-corrected chi connectivity index (χ3v) is 2.91. The monoisotopic (exact) mass is 260 g/mol. The highest BCUT2D eigenvalue weighted by Crippen LogP contribution is 2.21. The van der Waals surface area contributed by atoms with E-state index in [1.165, 1.54) is 6.07 Å². The molecule has 3 aromatic rings. The highest BCUT2D eigenvalue weighted by atomic mass is 19.2. The van der Waals surface area contributed by atoms with E-state index in [-0.39, 0.29) is 6.61 Å². The fourth-order valence-corrected chi connectivity index (χ4v) is 1.93. The Morgan fingerprint density at radius 1 is 1.05 bits per heavy atom. The van der Waals surface area contributed by atoms with Crippen LogP contribution in [0.4, 0.5) is 8.78 Å². The fraction of sp³-hybridized carbons (Fsp3) is 0.0714. The molecule has 96 valence electrons. The number of aliphatic hydroxyl groups is 1. The molecule has 0 aliphatic carbocycles. The number of rotatable bonds is 2. The van der Waals surface area contributed by atoms with Crippen LogP contribution in [0.3, 0.4) is 0 Å². The number of halogens is 2. The van der Waals surface area contributed by atoms with Crippen molar-refractivity contribution >= 4 is 5.65 Å². The molecular weight excluding hydrogens is 250 g/mol. The van der Waals surface area contributed by atoms with Crippen LogP contribution >= 0.6 is 0 Å². The van der Waals surface area contributed by atoms with Crippen LogP contribution in [0.1, 0.15) is 5.56 Å². The summed E-state index contributed by atoms with van der Waals surface area (Å²) in [6.07, 6.45) is 3.45. The Labute approximate surface area is 107 Å². The molecule has 3 nitrogen and oxygen atoms in total. The van der Waals surface area contributed by atoms with Crippen molar-refractivity contribution in [3.63, 3.8) is 0 Å². The number of pyridine rings is 1. The van der Waals surface area contributed by atoms with Gasteiger partial charge in [0.15, 0.2) is 11.6 Å². The van der Waals surface area contributed by atoms with Crippen LogP contribution in [0.15, 0.2) is 42.7 Å². The van der Waals surface area contributed by atoms with Crippen molar-refractivity contribution in [1.82, 2.24) is 9.38 Å². The third-order valence-electron chi connectivity index (χ3n) is 2.91. The van der Waals surface area contributed by atoms with Gasteiger partial charge in [0.2, 0.25) is 0 Å². The molecule has 1 aromatic carbocycles. The van der Waals surface area contributed by atoms with E-state index in [4.69, 9.17) is 5.11 Å². The molecule has 0 unspecified atom stereocenters. The van der Waals surface area contributed by atoms with Gasteiger partial charge in [0, 0.05) is 18.0 Å². The lowest BCUT2D eigenvalue weighted by Crippen LogP contribution is -1.88. The lowest BCUT2D eigenvalue weighted by molar-refractivity contribution is 0.281. The normalized spacial score (nSPS) is 11.1. The van der Waals surface area contributed by atoms with Gasteiger partial charge in [-0.25, -0.2) is 13.8 Å². The van der Waals surface area contributed by atoms with Crippen molar-refractivity contribution in [1.29, 1.82) is 0 Å². The largest absolute Gasteiger partial charge is 0.392 e. The van der Waals surface area contributed by atoms with Gasteiger partial charge in [0.25, 0.3) is 0 Å². The number of benzene rings is 1. The molecule has 0 atom stereocenters. The summed E-state index contributed by atoms with van der Waals surface area (Å²) in [5.41, 5.74) is 2.49. The van der Waals surface area contributed by atoms with Gasteiger partial charge in [-0.15, -0.1) is 0 Å². The summed E-state index contributed by atoms with van der Waals surface area (Å²) in [6.45, 7) is -0.0609. The van der Waals surface area contributed by atoms with Crippen LogP contribution in [0.2, 0.25) is 0 Å². The lowest BCUT2D eigenvalue weighted by atomic mass is 10.1. The molecule has 2 aromatic heterocycles. The fourth-order valence-electron chi connectivity index (χ4n) is 1.93. The molecule has 0 aliphatic heterocycles. The summed E-state index contributed by atoms with van der Waals surface area (Å²) in [5, 5.41) is 9.06. The highest BCUT2D eigenvalue weighted by molar-refractivity contribution is 5.62. The zero-order chi connectivity index (χ0) is 13.4. The first-order valence-corrected chi connectivity index (χ1v) is 5.71. The Balaban J connectivity index is 2.11. The second kappa shape index (κ2) is 4.44. The molecule has 0 amide bonds. The number of imidazole rings is 1. The van der Waals surface area contributed by atoms with Crippen molar-refractivity contribution < 1.29 is 13.9 Å². The predicted octanol–water partition coefficient (Wildman–Crippen LogP) is 2.77. The van der Waals surface area contributed by atoms with Crippen LogP contribution in [-0.2, 0) is 6.61 Å². The van der Waals surface area contributed by atoms with E-state index in [0.717, 1.165) is 17.7 Å². The zero-order valence-electron chi connectivity index (χ0n) is 9.85. The minimum Gasteiger partial charge on any atom is -0.392 e. The molecule has 3 rings (SSSR count). The summed E-state index contributed by atoms with van der Waals surface area (Å²) < 4.78 is 27.8. The van der Waals surface area contributed by atoms with Crippen molar-refractivity contribution in [2.45, 2.75) is 6.61 Å². The smallest absolute Gasteiger partial charge is 0.159 e. The lowest BCUT2D eigenvalue weighted by Gasteiger charge is -1.97. The maximum absolute atomic E-state index is 13.2. The van der Waals surface area contributed by atoms with Gasteiger partial charge in [-0.1, -0.05) is 6.07 Å². The third kappa shape index (κ3) is 2.08. The van der Waals surface area contributed by atoms with E-state index in [1.54, 1.807) is 28.9 Å². The van der Waals surface area contributed by atoms with Crippen molar-refractivity contribution in [3.8, 4) is 11.3 Å². The van der Waals surface area contributed by atoms with Crippen LogP contribution in [0.25, 0.3) is 16.9 Å². The SMILES string of the molecule is OCc1ccc2nc(-c3ccc(F)c(F)c3)cn2c1. The van der Waals surface area contributed by atoms with Crippen molar-refractivity contribution in [2.24, 2.45) is 0 Å². The van der Waals surface area contributed by atoms with Gasteiger partial charge in [0.1, 0.15) is 5.65 Å². The molecule has 5 heteroatoms. The molecule has 0 saturated heterocycles. The Kier molecular flexibility index (Phi) is 2.76. The Bertz CT molecular complexity index is 752. The van der Waals surface area contributed by atoms with Crippen molar-refractivity contribution in [2.75, 3.05) is 0 Å². The summed E-state index contributed by atoms with van der Waals surface area (Å²) in [6, 6.07) is 7.19. The van der Waals surface area contributed by atoms with E-state index in [1.807, 2.05) is 0 Å². The molecule has 0 bridgehead atoms. The molecule has 0 spiro atoms. The molecule has 0 radical (unpaired) electrons. The van der Waals surface area contributed by atoms with Gasteiger partial charge in [-0.3, -0.25) is 0 Å². The van der Waals surface area contributed by atoms with E-state index >= 15 is 0 Å². The molecule has 0 saturated carbocycles. The van der Waals surface area contributed by atoms with Crippen LogP contribution in [-0.4, -0.2) is 14.5 Å². The van der Waals surface area contributed by atoms with Gasteiger partial charge < -0.3 is 9.51 Å². The van der Waals surface area contributed by atoms with Gasteiger partial charge in [-0.05, 0) is 29.8 Å². The first kappa shape index (κ1) is 11.8. The second-order valence-corrected chi connectivity index (χ2v) is 4.22. The number of aromatic nitrogens is 2. The highest BCUT2D eigenvalue weighted by Gasteiger charge is 2.08. The van der Waals surface area contributed by atoms with Crippen molar-refractivity contribution in [3.05, 3.63) is 59.9 Å². The van der Waals surface area contributed by atoms with Gasteiger partial charge in [-0.2, -0.15) is 0 Å². The zero-order valence-corrected chi connectivity index (χ0v) is 9.85. The molecule has 0 fully saturated rings. The average molecular weight is 260 g/mol. The first-order valence-electron chi connectivity index (χ1n) is 5.71. The molecule has 19 heavy (non-hydrogen) atoms. The van der Waals surface area contributed by atoms with Crippen LogP contribution in [0, 0.1) is 11.6 Å². The average Bonchev–Trinajstić information content (AvgIpc) is 2.84. The number of aliphatic hydroxyl groups excluding tert-OH is 1. The molecule has 2 heterocycles. The first-order chi connectivity index (χ1) is 9.17. The standard InChI is InChI=1S/C14H10F2N2O/c15-11-3-2-10(5-12(11)16)13-7-18-6-9(8-19)1-4-14(18)17-13/h1-7,19H,8H2. The van der Waals surface area contributed by atoms with Gasteiger partial charge in [0.05, 0.1) is 12.3 Å². The van der Waals surface area contributed by atoms with E-state index < -0.39 is 11.6 Å². The minimum absolute atomic E-state index is 0.0609. The Morgan fingerprint density at radius 3 is 2.63 bits per heavy atom. The predicted molar refractivity (Wildman–Crippen MR) is 66.5 cm³/mol. The van der Waals surface area contributed by atoms with E-state index in [0.29, 0.717) is 16.9 Å². The van der Waals surface area contributed by atoms with E-state index in [2.05, 4.69) is 4.98 Å². The second-order valence-electron chi connectivity index (χ2n) is 4.22. The number of fused-ring (bicyclic) bond motifs is 1. The van der Waals surface area contributed by atoms with Crippen LogP contribution in [0.5, 0.6) is 0 Å². The van der Waals surface area contributed by atoms with E-state index in [9.17, 15) is 8.78 Å². The Hall–Kier alpha value is -2.27. The maximum atomic E-state index is 13.2. The van der Waals surface area contributed by atoms with Crippen LogP contribution < -0.4 is 0 Å². The summed E-state index contributed by atoms with van der Waals surface area (Å²) >= 11 is 0. The molecule has 1 N–H and O–H groups in total. The Morgan fingerprint density at radius 2 is 1.89 bits per heavy atom. The topological polar surface area (TPSA) is 37.5 Å². The summed E-state index contributed by atoms with van der Waals surface area (Å²) in [7, 11) is 0. The minimum atomic E-state index is -0.898. The summed E-state index contributed by atoms with van der Waals surface area (Å²) in [5.74, 6) is -1.78. The number of nitrogens with zero attached hydrogens (tertiary/aromatic N) is 2. The quantitative estimate of drug-likeness (QED) is 0.769. The maximum Gasteiger partial charge on any atom is 0.159 e. The number of hydrogen-bond acceptors (Lipinski definition) is 2. The molecule has 0 aliphatic rings. The van der Waals surface area contributed by atoms with Gasteiger partial charge >= 0.3 is 0 Å². The number of hydrogen-bond donors (Lipinski definition) is 1. The molecular formula is C14H10F2N2O.